The van der Waals surface area contributed by atoms with Crippen molar-refractivity contribution in [3.05, 3.63) is 29.0 Å². The molecule has 1 aliphatic carbocycles. The van der Waals surface area contributed by atoms with Crippen LogP contribution < -0.4 is 0 Å². The number of aliphatic carboxylic acids is 1. The summed E-state index contributed by atoms with van der Waals surface area (Å²) in [5.41, 5.74) is 0.571. The molecule has 1 amide bonds. The number of nitrogens with zero attached hydrogens (tertiary/aromatic N) is 2. The van der Waals surface area contributed by atoms with E-state index in [9.17, 15) is 14.7 Å². The molecule has 1 atom stereocenters. The number of aromatic nitrogens is 1. The van der Waals surface area contributed by atoms with Crippen LogP contribution >= 0.6 is 11.3 Å². The summed E-state index contributed by atoms with van der Waals surface area (Å²) in [6.07, 6.45) is 1.79. The fourth-order valence-corrected chi connectivity index (χ4v) is 3.19. The number of hydrogen-bond donors (Lipinski definition) is 1. The van der Waals surface area contributed by atoms with E-state index in [-0.39, 0.29) is 18.4 Å². The maximum absolute atomic E-state index is 12.6. The van der Waals surface area contributed by atoms with Crippen LogP contribution in [0.2, 0.25) is 0 Å². The minimum Gasteiger partial charge on any atom is -0.480 e. The van der Waals surface area contributed by atoms with E-state index in [0.717, 1.165) is 17.7 Å². The van der Waals surface area contributed by atoms with E-state index < -0.39 is 12.0 Å². The first-order chi connectivity index (χ1) is 11.0. The number of carbonyl (C=O) groups excluding carboxylic acids is 1. The van der Waals surface area contributed by atoms with Crippen LogP contribution in [0.1, 0.15) is 31.2 Å². The zero-order valence-electron chi connectivity index (χ0n) is 13.0. The molecule has 23 heavy (non-hydrogen) atoms. The number of thiophene rings is 1. The SMILES string of the molecule is Cc1oc(-c2cccs2)nc1CC(=O)N(C1CC1)C(C)C(=O)O. The molecule has 6 nitrogen and oxygen atoms in total. The molecule has 0 radical (unpaired) electrons. The quantitative estimate of drug-likeness (QED) is 0.878. The first-order valence-electron chi connectivity index (χ1n) is 7.51. The topological polar surface area (TPSA) is 83.6 Å². The molecule has 0 saturated heterocycles. The number of rotatable bonds is 6. The van der Waals surface area contributed by atoms with Crippen molar-refractivity contribution < 1.29 is 19.1 Å². The number of hydrogen-bond acceptors (Lipinski definition) is 5. The van der Waals surface area contributed by atoms with Gasteiger partial charge in [-0.05, 0) is 38.1 Å². The standard InChI is InChI=1S/C16H18N2O4S/c1-9(16(20)21)18(11-5-6-11)14(19)8-12-10(2)22-15(17-12)13-4-3-7-23-13/h3-4,7,9,11H,5-6,8H2,1-2H3,(H,20,21). The van der Waals surface area contributed by atoms with E-state index in [0.29, 0.717) is 17.3 Å². The molecular weight excluding hydrogens is 316 g/mol. The van der Waals surface area contributed by atoms with Crippen LogP contribution in [0.25, 0.3) is 10.8 Å². The van der Waals surface area contributed by atoms with Crippen LogP contribution in [0, 0.1) is 6.92 Å². The van der Waals surface area contributed by atoms with Gasteiger partial charge in [0, 0.05) is 6.04 Å². The van der Waals surface area contributed by atoms with Crippen LogP contribution in [-0.4, -0.2) is 39.0 Å². The highest BCUT2D eigenvalue weighted by atomic mass is 32.1. The molecule has 3 rings (SSSR count). The van der Waals surface area contributed by atoms with Gasteiger partial charge in [-0.15, -0.1) is 11.3 Å². The zero-order valence-corrected chi connectivity index (χ0v) is 13.8. The lowest BCUT2D eigenvalue weighted by atomic mass is 10.2. The Morgan fingerprint density at radius 1 is 1.52 bits per heavy atom. The van der Waals surface area contributed by atoms with Gasteiger partial charge in [-0.3, -0.25) is 4.79 Å². The lowest BCUT2D eigenvalue weighted by molar-refractivity contribution is -0.149. The maximum Gasteiger partial charge on any atom is 0.326 e. The first kappa shape index (κ1) is 15.7. The Labute approximate surface area is 137 Å². The van der Waals surface area contributed by atoms with Crippen LogP contribution in [0.4, 0.5) is 0 Å². The van der Waals surface area contributed by atoms with E-state index in [1.165, 1.54) is 16.2 Å². The normalized spacial score (nSPS) is 15.4. The van der Waals surface area contributed by atoms with Crippen molar-refractivity contribution in [3.63, 3.8) is 0 Å². The van der Waals surface area contributed by atoms with Gasteiger partial charge >= 0.3 is 5.97 Å². The number of amides is 1. The van der Waals surface area contributed by atoms with Gasteiger partial charge in [0.1, 0.15) is 11.8 Å². The lowest BCUT2D eigenvalue weighted by Gasteiger charge is -2.26. The number of carbonyl (C=O) groups is 2. The van der Waals surface area contributed by atoms with Gasteiger partial charge in [0.05, 0.1) is 17.0 Å². The Kier molecular flexibility index (Phi) is 4.21. The number of oxazole rings is 1. The summed E-state index contributed by atoms with van der Waals surface area (Å²) in [5.74, 6) is -0.0945. The molecular formula is C16H18N2O4S. The van der Waals surface area contributed by atoms with E-state index >= 15 is 0 Å². The lowest BCUT2D eigenvalue weighted by Crippen LogP contribution is -2.45. The van der Waals surface area contributed by atoms with E-state index in [2.05, 4.69) is 4.98 Å². The van der Waals surface area contributed by atoms with E-state index in [4.69, 9.17) is 4.42 Å². The molecule has 7 heteroatoms. The summed E-state index contributed by atoms with van der Waals surface area (Å²) in [7, 11) is 0. The molecule has 0 aliphatic heterocycles. The van der Waals surface area contributed by atoms with Crippen molar-refractivity contribution in [2.75, 3.05) is 0 Å². The average Bonchev–Trinajstić information content (AvgIpc) is 3.04. The minimum absolute atomic E-state index is 0.0394. The average molecular weight is 334 g/mol. The van der Waals surface area contributed by atoms with Gasteiger partial charge in [-0.25, -0.2) is 9.78 Å². The van der Waals surface area contributed by atoms with Crippen LogP contribution in [0.3, 0.4) is 0 Å². The fraction of sp³-hybridized carbons (Fsp3) is 0.438. The minimum atomic E-state index is -0.985. The zero-order chi connectivity index (χ0) is 16.6. The molecule has 1 aliphatic rings. The smallest absolute Gasteiger partial charge is 0.326 e. The third kappa shape index (κ3) is 3.29. The Morgan fingerprint density at radius 3 is 2.83 bits per heavy atom. The molecule has 0 spiro atoms. The van der Waals surface area contributed by atoms with Crippen molar-refractivity contribution in [2.45, 2.75) is 45.2 Å². The first-order valence-corrected chi connectivity index (χ1v) is 8.39. The van der Waals surface area contributed by atoms with Crippen molar-refractivity contribution in [1.29, 1.82) is 0 Å². The van der Waals surface area contributed by atoms with Crippen LogP contribution in [0.15, 0.2) is 21.9 Å². The van der Waals surface area contributed by atoms with Crippen LogP contribution in [-0.2, 0) is 16.0 Å². The summed E-state index contributed by atoms with van der Waals surface area (Å²) in [5, 5.41) is 11.1. The summed E-state index contributed by atoms with van der Waals surface area (Å²) >= 11 is 1.52. The Bertz CT molecular complexity index is 719. The summed E-state index contributed by atoms with van der Waals surface area (Å²) < 4.78 is 5.64. The molecule has 1 N–H and O–H groups in total. The van der Waals surface area contributed by atoms with Gasteiger partial charge in [-0.2, -0.15) is 0 Å². The Morgan fingerprint density at radius 2 is 2.26 bits per heavy atom. The monoisotopic (exact) mass is 334 g/mol. The Balaban J connectivity index is 1.78. The van der Waals surface area contributed by atoms with Gasteiger partial charge in [0.2, 0.25) is 11.8 Å². The second-order valence-corrected chi connectivity index (χ2v) is 6.67. The van der Waals surface area contributed by atoms with Gasteiger partial charge < -0.3 is 14.4 Å². The summed E-state index contributed by atoms with van der Waals surface area (Å²) in [6, 6.07) is 3.04. The molecule has 2 heterocycles. The molecule has 122 valence electrons. The number of carboxylic acid groups (broad SMARTS) is 1. The molecule has 1 fully saturated rings. The highest BCUT2D eigenvalue weighted by molar-refractivity contribution is 7.13. The highest BCUT2D eigenvalue weighted by Crippen LogP contribution is 2.30. The molecule has 2 aromatic rings. The van der Waals surface area contributed by atoms with Gasteiger partial charge in [0.15, 0.2) is 0 Å². The predicted molar refractivity (Wildman–Crippen MR) is 85.2 cm³/mol. The van der Waals surface area contributed by atoms with Gasteiger partial charge in [0.25, 0.3) is 0 Å². The van der Waals surface area contributed by atoms with Crippen molar-refractivity contribution in [1.82, 2.24) is 9.88 Å². The van der Waals surface area contributed by atoms with E-state index in [1.54, 1.807) is 13.8 Å². The van der Waals surface area contributed by atoms with E-state index in [1.807, 2.05) is 17.5 Å². The molecule has 1 unspecified atom stereocenters. The second-order valence-electron chi connectivity index (χ2n) is 5.72. The third-order valence-electron chi connectivity index (χ3n) is 3.95. The van der Waals surface area contributed by atoms with Crippen molar-refractivity contribution in [2.24, 2.45) is 0 Å². The molecule has 0 aromatic carbocycles. The van der Waals surface area contributed by atoms with Crippen molar-refractivity contribution >= 4 is 23.2 Å². The third-order valence-corrected chi connectivity index (χ3v) is 4.80. The summed E-state index contributed by atoms with van der Waals surface area (Å²) in [4.78, 5) is 30.6. The second kappa shape index (κ2) is 6.16. The van der Waals surface area contributed by atoms with Crippen molar-refractivity contribution in [3.8, 4) is 10.8 Å². The summed E-state index contributed by atoms with van der Waals surface area (Å²) in [6.45, 7) is 3.32. The fourth-order valence-electron chi connectivity index (χ4n) is 2.54. The maximum atomic E-state index is 12.6. The number of aryl methyl sites for hydroxylation is 1. The van der Waals surface area contributed by atoms with Gasteiger partial charge in [-0.1, -0.05) is 6.07 Å². The molecule has 0 bridgehead atoms. The highest BCUT2D eigenvalue weighted by Gasteiger charge is 2.38. The predicted octanol–water partition coefficient (Wildman–Crippen LogP) is 2.72. The molecule has 2 aromatic heterocycles. The van der Waals surface area contributed by atoms with Crippen LogP contribution in [0.5, 0.6) is 0 Å². The Hall–Kier alpha value is -2.15. The molecule has 1 saturated carbocycles. The number of carboxylic acids is 1. The largest absolute Gasteiger partial charge is 0.480 e.